The molecule has 1 heterocycles. The lowest BCUT2D eigenvalue weighted by molar-refractivity contribution is -0.132. The second-order valence-electron chi connectivity index (χ2n) is 6.14. The summed E-state index contributed by atoms with van der Waals surface area (Å²) in [4.78, 5) is 14.5. The van der Waals surface area contributed by atoms with E-state index in [1.807, 2.05) is 11.9 Å². The Morgan fingerprint density at radius 3 is 3.00 bits per heavy atom. The van der Waals surface area contributed by atoms with Crippen LogP contribution >= 0.6 is 0 Å². The van der Waals surface area contributed by atoms with Crippen molar-refractivity contribution in [3.8, 4) is 0 Å². The molecule has 0 spiro atoms. The highest BCUT2D eigenvalue weighted by atomic mass is 16.2. The van der Waals surface area contributed by atoms with Gasteiger partial charge in [0.25, 0.3) is 0 Å². The molecule has 108 valence electrons. The van der Waals surface area contributed by atoms with Crippen LogP contribution in [0.3, 0.4) is 0 Å². The Morgan fingerprint density at radius 2 is 2.20 bits per heavy atom. The SMILES string of the molecule is CN(C(=O)CC1CCCc2ccccc21)C1CCNC1. The molecule has 3 heteroatoms. The fraction of sp³-hybridized carbons (Fsp3) is 0.588. The van der Waals surface area contributed by atoms with Crippen molar-refractivity contribution in [3.63, 3.8) is 0 Å². The first-order chi connectivity index (χ1) is 9.75. The molecule has 2 aliphatic rings. The van der Waals surface area contributed by atoms with Crippen molar-refractivity contribution in [2.45, 2.75) is 44.1 Å². The van der Waals surface area contributed by atoms with Gasteiger partial charge in [0.2, 0.25) is 5.91 Å². The Hall–Kier alpha value is -1.35. The van der Waals surface area contributed by atoms with Crippen LogP contribution < -0.4 is 5.32 Å². The van der Waals surface area contributed by atoms with Crippen LogP contribution in [-0.4, -0.2) is 37.0 Å². The van der Waals surface area contributed by atoms with Gasteiger partial charge in [-0.05, 0) is 49.3 Å². The molecule has 0 bridgehead atoms. The Balaban J connectivity index is 1.67. The monoisotopic (exact) mass is 272 g/mol. The second kappa shape index (κ2) is 5.96. The van der Waals surface area contributed by atoms with Crippen LogP contribution in [0.2, 0.25) is 0 Å². The van der Waals surface area contributed by atoms with Gasteiger partial charge in [-0.15, -0.1) is 0 Å². The molecule has 1 amide bonds. The van der Waals surface area contributed by atoms with Crippen LogP contribution in [0, 0.1) is 0 Å². The van der Waals surface area contributed by atoms with Crippen LogP contribution in [0.25, 0.3) is 0 Å². The Bertz CT molecular complexity index is 480. The average molecular weight is 272 g/mol. The largest absolute Gasteiger partial charge is 0.341 e. The molecule has 3 rings (SSSR count). The molecule has 3 nitrogen and oxygen atoms in total. The summed E-state index contributed by atoms with van der Waals surface area (Å²) in [5, 5.41) is 3.33. The fourth-order valence-electron chi connectivity index (χ4n) is 3.59. The van der Waals surface area contributed by atoms with Crippen LogP contribution in [0.1, 0.15) is 42.7 Å². The van der Waals surface area contributed by atoms with Gasteiger partial charge >= 0.3 is 0 Å². The smallest absolute Gasteiger partial charge is 0.223 e. The molecule has 1 aromatic rings. The van der Waals surface area contributed by atoms with E-state index in [2.05, 4.69) is 29.6 Å². The zero-order valence-electron chi connectivity index (χ0n) is 12.3. The topological polar surface area (TPSA) is 32.3 Å². The molecule has 1 aliphatic carbocycles. The quantitative estimate of drug-likeness (QED) is 0.916. The summed E-state index contributed by atoms with van der Waals surface area (Å²) in [6.45, 7) is 1.98. The summed E-state index contributed by atoms with van der Waals surface area (Å²) < 4.78 is 0. The van der Waals surface area contributed by atoms with Crippen molar-refractivity contribution >= 4 is 5.91 Å². The number of fused-ring (bicyclic) bond motifs is 1. The first-order valence-electron chi connectivity index (χ1n) is 7.80. The summed E-state index contributed by atoms with van der Waals surface area (Å²) in [6.07, 6.45) is 5.29. The molecule has 1 aliphatic heterocycles. The number of nitrogens with zero attached hydrogens (tertiary/aromatic N) is 1. The Morgan fingerprint density at radius 1 is 1.35 bits per heavy atom. The molecule has 0 saturated carbocycles. The standard InChI is InChI=1S/C17H24N2O/c1-19(15-9-10-18-12-15)17(20)11-14-7-4-6-13-5-2-3-8-16(13)14/h2-3,5,8,14-15,18H,4,6-7,9-12H2,1H3. The molecule has 1 saturated heterocycles. The third-order valence-electron chi connectivity index (χ3n) is 4.89. The van der Waals surface area contributed by atoms with Crippen molar-refractivity contribution in [1.82, 2.24) is 10.2 Å². The lowest BCUT2D eigenvalue weighted by Gasteiger charge is -2.29. The van der Waals surface area contributed by atoms with Crippen LogP contribution in [0.5, 0.6) is 0 Å². The number of likely N-dealkylation sites (N-methyl/N-ethyl adjacent to an activating group) is 1. The Kier molecular flexibility index (Phi) is 4.06. The minimum Gasteiger partial charge on any atom is -0.341 e. The zero-order valence-corrected chi connectivity index (χ0v) is 12.3. The van der Waals surface area contributed by atoms with Crippen molar-refractivity contribution in [1.29, 1.82) is 0 Å². The van der Waals surface area contributed by atoms with Gasteiger partial charge in [-0.1, -0.05) is 24.3 Å². The lowest BCUT2D eigenvalue weighted by atomic mass is 9.81. The second-order valence-corrected chi connectivity index (χ2v) is 6.14. The van der Waals surface area contributed by atoms with Crippen molar-refractivity contribution in [3.05, 3.63) is 35.4 Å². The Labute approximate surface area is 121 Å². The number of aryl methyl sites for hydroxylation is 1. The van der Waals surface area contributed by atoms with E-state index in [0.717, 1.165) is 25.9 Å². The van der Waals surface area contributed by atoms with Gasteiger partial charge in [-0.25, -0.2) is 0 Å². The minimum atomic E-state index is 0.306. The number of hydrogen-bond acceptors (Lipinski definition) is 2. The van der Waals surface area contributed by atoms with Gasteiger partial charge in [0.15, 0.2) is 0 Å². The van der Waals surface area contributed by atoms with Gasteiger partial charge < -0.3 is 10.2 Å². The predicted octanol–water partition coefficient (Wildman–Crippen LogP) is 2.32. The maximum atomic E-state index is 12.5. The number of rotatable bonds is 3. The van der Waals surface area contributed by atoms with Gasteiger partial charge in [0, 0.05) is 26.1 Å². The molecule has 0 radical (unpaired) electrons. The number of benzene rings is 1. The van der Waals surface area contributed by atoms with Crippen LogP contribution in [-0.2, 0) is 11.2 Å². The number of nitrogens with one attached hydrogen (secondary N) is 1. The number of carbonyl (C=O) groups excluding carboxylic acids is 1. The van der Waals surface area contributed by atoms with Crippen molar-refractivity contribution in [2.24, 2.45) is 0 Å². The molecular weight excluding hydrogens is 248 g/mol. The zero-order chi connectivity index (χ0) is 13.9. The van der Waals surface area contributed by atoms with Gasteiger partial charge in [-0.3, -0.25) is 4.79 Å². The number of carbonyl (C=O) groups is 1. The lowest BCUT2D eigenvalue weighted by Crippen LogP contribution is -2.39. The highest BCUT2D eigenvalue weighted by Crippen LogP contribution is 2.34. The number of amides is 1. The molecule has 20 heavy (non-hydrogen) atoms. The predicted molar refractivity (Wildman–Crippen MR) is 80.8 cm³/mol. The van der Waals surface area contributed by atoms with E-state index in [-0.39, 0.29) is 0 Å². The third kappa shape index (κ3) is 2.73. The first-order valence-corrected chi connectivity index (χ1v) is 7.80. The molecular formula is C17H24N2O. The molecule has 2 unspecified atom stereocenters. The first kappa shape index (κ1) is 13.6. The molecule has 2 atom stereocenters. The van der Waals surface area contributed by atoms with E-state index in [9.17, 15) is 4.79 Å². The summed E-state index contributed by atoms with van der Waals surface area (Å²) in [7, 11) is 1.97. The highest BCUT2D eigenvalue weighted by molar-refractivity contribution is 5.77. The summed E-state index contributed by atoms with van der Waals surface area (Å²) in [6, 6.07) is 9.03. The van der Waals surface area contributed by atoms with Crippen LogP contribution in [0.4, 0.5) is 0 Å². The normalized spacial score (nSPS) is 25.2. The fourth-order valence-corrected chi connectivity index (χ4v) is 3.59. The summed E-state index contributed by atoms with van der Waals surface area (Å²) >= 11 is 0. The van der Waals surface area contributed by atoms with Crippen molar-refractivity contribution < 1.29 is 4.79 Å². The molecule has 1 fully saturated rings. The molecule has 1 N–H and O–H groups in total. The van der Waals surface area contributed by atoms with Crippen molar-refractivity contribution in [2.75, 3.05) is 20.1 Å². The molecule has 0 aromatic heterocycles. The average Bonchev–Trinajstić information content (AvgIpc) is 3.01. The van der Waals surface area contributed by atoms with E-state index in [1.165, 1.54) is 24.0 Å². The number of hydrogen-bond donors (Lipinski definition) is 1. The van der Waals surface area contributed by atoms with Gasteiger partial charge in [-0.2, -0.15) is 0 Å². The maximum Gasteiger partial charge on any atom is 0.223 e. The van der Waals surface area contributed by atoms with Gasteiger partial charge in [0.05, 0.1) is 0 Å². The van der Waals surface area contributed by atoms with Crippen LogP contribution in [0.15, 0.2) is 24.3 Å². The minimum absolute atomic E-state index is 0.306. The maximum absolute atomic E-state index is 12.5. The molecule has 1 aromatic carbocycles. The van der Waals surface area contributed by atoms with E-state index in [4.69, 9.17) is 0 Å². The van der Waals surface area contributed by atoms with Gasteiger partial charge in [0.1, 0.15) is 0 Å². The highest BCUT2D eigenvalue weighted by Gasteiger charge is 2.27. The third-order valence-corrected chi connectivity index (χ3v) is 4.89. The summed E-state index contributed by atoms with van der Waals surface area (Å²) in [5.41, 5.74) is 2.85. The van der Waals surface area contributed by atoms with E-state index >= 15 is 0 Å². The van der Waals surface area contributed by atoms with E-state index < -0.39 is 0 Å². The van der Waals surface area contributed by atoms with E-state index in [0.29, 0.717) is 24.3 Å². The van der Waals surface area contributed by atoms with E-state index in [1.54, 1.807) is 0 Å². The summed E-state index contributed by atoms with van der Waals surface area (Å²) in [5.74, 6) is 0.727.